The van der Waals surface area contributed by atoms with Crippen molar-refractivity contribution in [3.63, 3.8) is 0 Å². The molecule has 47 heavy (non-hydrogen) atoms. The lowest BCUT2D eigenvalue weighted by Gasteiger charge is -2.26. The molecule has 8 aromatic carbocycles. The predicted octanol–water partition coefficient (Wildman–Crippen LogP) is 13.9. The van der Waals surface area contributed by atoms with Crippen LogP contribution in [-0.4, -0.2) is 0 Å². The SMILES string of the molecule is c1ccc2c(c1)ccc1ccc(N(c3ccc(-c4cccc5c4sc4ccccc45)cc3)c3ccc4c(c3)sc3ccccc34)cc12. The quantitative estimate of drug-likeness (QED) is 0.174. The molecule has 0 saturated carbocycles. The number of nitrogens with zero attached hydrogens (tertiary/aromatic N) is 1. The third kappa shape index (κ3) is 4.28. The van der Waals surface area contributed by atoms with Crippen LogP contribution in [-0.2, 0) is 0 Å². The largest absolute Gasteiger partial charge is 0.310 e. The van der Waals surface area contributed by atoms with Crippen LogP contribution >= 0.6 is 22.7 Å². The molecule has 0 fully saturated rings. The van der Waals surface area contributed by atoms with Gasteiger partial charge in [0.05, 0.1) is 0 Å². The zero-order chi connectivity index (χ0) is 30.9. The zero-order valence-electron chi connectivity index (χ0n) is 25.4. The first-order valence-electron chi connectivity index (χ1n) is 15.9. The van der Waals surface area contributed by atoms with Crippen LogP contribution in [0.1, 0.15) is 0 Å². The fraction of sp³-hybridized carbons (Fsp3) is 0. The fourth-order valence-corrected chi connectivity index (χ4v) is 9.57. The van der Waals surface area contributed by atoms with Gasteiger partial charge in [-0.3, -0.25) is 0 Å². The highest BCUT2D eigenvalue weighted by molar-refractivity contribution is 7.26. The summed E-state index contributed by atoms with van der Waals surface area (Å²) in [5.41, 5.74) is 5.95. The molecule has 0 aliphatic carbocycles. The Kier molecular flexibility index (Phi) is 5.98. The molecule has 0 bridgehead atoms. The van der Waals surface area contributed by atoms with Crippen molar-refractivity contribution in [3.05, 3.63) is 164 Å². The summed E-state index contributed by atoms with van der Waals surface area (Å²) in [6.07, 6.45) is 0. The summed E-state index contributed by atoms with van der Waals surface area (Å²) >= 11 is 3.75. The molecule has 0 atom stereocenters. The average molecular weight is 634 g/mol. The second kappa shape index (κ2) is 10.5. The number of thiophene rings is 2. The van der Waals surface area contributed by atoms with Gasteiger partial charge in [-0.15, -0.1) is 22.7 Å². The standard InChI is InChI=1S/C44H27NS2/c1-2-9-34-28(8-1)16-17-30-20-23-32(26-40(30)34)45(33-24-25-38-36-10-3-5-14-41(36)46-43(38)27-33)31-21-18-29(19-22-31)35-12-7-13-39-37-11-4-6-15-42(37)47-44(35)39/h1-27H. The van der Waals surface area contributed by atoms with Crippen molar-refractivity contribution in [3.8, 4) is 11.1 Å². The van der Waals surface area contributed by atoms with E-state index >= 15 is 0 Å². The fourth-order valence-electron chi connectivity index (χ4n) is 7.19. The molecule has 0 spiro atoms. The third-order valence-corrected chi connectivity index (χ3v) is 11.8. The van der Waals surface area contributed by atoms with Crippen molar-refractivity contribution in [1.29, 1.82) is 0 Å². The van der Waals surface area contributed by atoms with Crippen molar-refractivity contribution >= 4 is 102 Å². The van der Waals surface area contributed by atoms with Gasteiger partial charge in [0.15, 0.2) is 0 Å². The van der Waals surface area contributed by atoms with Crippen LogP contribution < -0.4 is 4.90 Å². The van der Waals surface area contributed by atoms with Gasteiger partial charge in [-0.2, -0.15) is 0 Å². The first-order valence-corrected chi connectivity index (χ1v) is 17.6. The summed E-state index contributed by atoms with van der Waals surface area (Å²) in [5, 5.41) is 10.3. The van der Waals surface area contributed by atoms with Crippen molar-refractivity contribution in [2.75, 3.05) is 4.90 Å². The molecule has 3 heteroatoms. The molecule has 0 unspecified atom stereocenters. The van der Waals surface area contributed by atoms with Gasteiger partial charge in [0.25, 0.3) is 0 Å². The minimum atomic E-state index is 1.14. The van der Waals surface area contributed by atoms with Gasteiger partial charge >= 0.3 is 0 Å². The Morgan fingerprint density at radius 3 is 1.74 bits per heavy atom. The molecule has 10 rings (SSSR count). The molecule has 2 aromatic heterocycles. The van der Waals surface area contributed by atoms with E-state index in [0.29, 0.717) is 0 Å². The summed E-state index contributed by atoms with van der Waals surface area (Å²) in [6.45, 7) is 0. The van der Waals surface area contributed by atoms with Gasteiger partial charge in [-0.05, 0) is 81.2 Å². The summed E-state index contributed by atoms with van der Waals surface area (Å²) in [6, 6.07) is 60.2. The first-order chi connectivity index (χ1) is 23.3. The van der Waals surface area contributed by atoms with Crippen LogP contribution in [0, 0.1) is 0 Å². The first kappa shape index (κ1) is 26.7. The molecule has 0 aliphatic heterocycles. The minimum Gasteiger partial charge on any atom is -0.310 e. The topological polar surface area (TPSA) is 3.24 Å². The predicted molar refractivity (Wildman–Crippen MR) is 207 cm³/mol. The number of anilines is 3. The molecular formula is C44H27NS2. The molecule has 0 N–H and O–H groups in total. The summed E-state index contributed by atoms with van der Waals surface area (Å²) < 4.78 is 5.30. The van der Waals surface area contributed by atoms with Crippen molar-refractivity contribution in [1.82, 2.24) is 0 Å². The Bertz CT molecular complexity index is 2800. The van der Waals surface area contributed by atoms with Gasteiger partial charge in [-0.25, -0.2) is 0 Å². The van der Waals surface area contributed by atoms with Gasteiger partial charge in [0.1, 0.15) is 0 Å². The normalized spacial score (nSPS) is 11.8. The van der Waals surface area contributed by atoms with E-state index in [1.807, 2.05) is 22.7 Å². The third-order valence-electron chi connectivity index (χ3n) is 9.45. The maximum absolute atomic E-state index is 2.41. The Morgan fingerprint density at radius 1 is 0.340 bits per heavy atom. The Balaban J connectivity index is 1.15. The molecule has 0 radical (unpaired) electrons. The molecular weight excluding hydrogens is 607 g/mol. The minimum absolute atomic E-state index is 1.14. The molecule has 2 heterocycles. The van der Waals surface area contributed by atoms with Crippen LogP contribution in [0.5, 0.6) is 0 Å². The zero-order valence-corrected chi connectivity index (χ0v) is 27.0. The monoisotopic (exact) mass is 633 g/mol. The lowest BCUT2D eigenvalue weighted by molar-refractivity contribution is 1.30. The van der Waals surface area contributed by atoms with E-state index in [1.54, 1.807) is 0 Å². The Hall–Kier alpha value is -5.48. The molecule has 0 aliphatic rings. The van der Waals surface area contributed by atoms with Crippen LogP contribution in [0.3, 0.4) is 0 Å². The maximum Gasteiger partial charge on any atom is 0.0476 e. The molecule has 220 valence electrons. The molecule has 0 amide bonds. The smallest absolute Gasteiger partial charge is 0.0476 e. The maximum atomic E-state index is 2.41. The van der Waals surface area contributed by atoms with E-state index in [4.69, 9.17) is 0 Å². The van der Waals surface area contributed by atoms with Crippen molar-refractivity contribution < 1.29 is 0 Å². The van der Waals surface area contributed by atoms with E-state index in [1.165, 1.54) is 73.0 Å². The molecule has 1 nitrogen and oxygen atoms in total. The number of fused-ring (bicyclic) bond motifs is 9. The van der Waals surface area contributed by atoms with Crippen molar-refractivity contribution in [2.45, 2.75) is 0 Å². The Labute approximate surface area is 280 Å². The average Bonchev–Trinajstić information content (AvgIpc) is 3.70. The summed E-state index contributed by atoms with van der Waals surface area (Å²) in [5.74, 6) is 0. The van der Waals surface area contributed by atoms with Crippen LogP contribution in [0.4, 0.5) is 17.1 Å². The number of hydrogen-bond acceptors (Lipinski definition) is 3. The van der Waals surface area contributed by atoms with Gasteiger partial charge in [-0.1, -0.05) is 115 Å². The van der Waals surface area contributed by atoms with E-state index in [9.17, 15) is 0 Å². The number of rotatable bonds is 4. The van der Waals surface area contributed by atoms with Gasteiger partial charge in [0, 0.05) is 57.4 Å². The number of hydrogen-bond donors (Lipinski definition) is 0. The van der Waals surface area contributed by atoms with E-state index in [-0.39, 0.29) is 0 Å². The molecule has 0 saturated heterocycles. The highest BCUT2D eigenvalue weighted by atomic mass is 32.1. The van der Waals surface area contributed by atoms with Crippen LogP contribution in [0.25, 0.3) is 73.0 Å². The van der Waals surface area contributed by atoms with E-state index in [2.05, 4.69) is 169 Å². The van der Waals surface area contributed by atoms with Crippen LogP contribution in [0.15, 0.2) is 164 Å². The van der Waals surface area contributed by atoms with E-state index in [0.717, 1.165) is 17.1 Å². The highest BCUT2D eigenvalue weighted by Crippen LogP contribution is 2.44. The van der Waals surface area contributed by atoms with Gasteiger partial charge in [0.2, 0.25) is 0 Å². The molecule has 10 aromatic rings. The highest BCUT2D eigenvalue weighted by Gasteiger charge is 2.17. The summed E-state index contributed by atoms with van der Waals surface area (Å²) in [4.78, 5) is 2.41. The summed E-state index contributed by atoms with van der Waals surface area (Å²) in [7, 11) is 0. The van der Waals surface area contributed by atoms with Gasteiger partial charge < -0.3 is 4.90 Å². The second-order valence-electron chi connectivity index (χ2n) is 12.1. The number of benzene rings is 8. The Morgan fingerprint density at radius 2 is 0.915 bits per heavy atom. The van der Waals surface area contributed by atoms with E-state index < -0.39 is 0 Å². The lowest BCUT2D eigenvalue weighted by atomic mass is 10.0. The van der Waals surface area contributed by atoms with Crippen molar-refractivity contribution in [2.24, 2.45) is 0 Å². The van der Waals surface area contributed by atoms with Crippen LogP contribution in [0.2, 0.25) is 0 Å². The second-order valence-corrected chi connectivity index (χ2v) is 14.3. The lowest BCUT2D eigenvalue weighted by Crippen LogP contribution is -2.09.